The van der Waals surface area contributed by atoms with Crippen LogP contribution in [0.2, 0.25) is 0 Å². The fourth-order valence-corrected chi connectivity index (χ4v) is 3.36. The number of nitrogens with two attached hydrogens (primary N) is 1. The van der Waals surface area contributed by atoms with Gasteiger partial charge in [-0.3, -0.25) is 4.79 Å². The number of benzene rings is 1. The SMILES string of the molecule is CCCCOc1c(CN)n(CC(C)C)c(=O)c2ccc(-n3cccc3)cc12. The Morgan fingerprint density at radius 3 is 2.52 bits per heavy atom. The minimum Gasteiger partial charge on any atom is -0.491 e. The number of nitrogens with zero attached hydrogens (tertiary/aromatic N) is 2. The molecule has 0 unspecified atom stereocenters. The minimum atomic E-state index is 0.000970. The van der Waals surface area contributed by atoms with Gasteiger partial charge in [0.2, 0.25) is 0 Å². The normalized spacial score (nSPS) is 11.4. The molecule has 0 aliphatic rings. The number of fused-ring (bicyclic) bond motifs is 1. The summed E-state index contributed by atoms with van der Waals surface area (Å²) in [6.07, 6.45) is 5.99. The monoisotopic (exact) mass is 367 g/mol. The van der Waals surface area contributed by atoms with Crippen LogP contribution in [0.15, 0.2) is 47.5 Å². The fourth-order valence-electron chi connectivity index (χ4n) is 3.36. The molecule has 3 aromatic rings. The summed E-state index contributed by atoms with van der Waals surface area (Å²) in [6.45, 7) is 7.85. The second kappa shape index (κ2) is 8.44. The second-order valence-corrected chi connectivity index (χ2v) is 7.31. The number of pyridine rings is 1. The van der Waals surface area contributed by atoms with Crippen LogP contribution in [-0.2, 0) is 13.1 Å². The van der Waals surface area contributed by atoms with Crippen LogP contribution in [-0.4, -0.2) is 15.7 Å². The van der Waals surface area contributed by atoms with Crippen molar-refractivity contribution in [1.82, 2.24) is 9.13 Å². The highest BCUT2D eigenvalue weighted by Crippen LogP contribution is 2.30. The number of rotatable bonds is 8. The van der Waals surface area contributed by atoms with Gasteiger partial charge in [0.1, 0.15) is 5.75 Å². The van der Waals surface area contributed by atoms with Crippen molar-refractivity contribution in [3.05, 3.63) is 58.8 Å². The van der Waals surface area contributed by atoms with Crippen molar-refractivity contribution in [2.75, 3.05) is 6.61 Å². The molecule has 0 fully saturated rings. The van der Waals surface area contributed by atoms with E-state index in [2.05, 4.69) is 20.8 Å². The van der Waals surface area contributed by atoms with Gasteiger partial charge in [-0.2, -0.15) is 0 Å². The summed E-state index contributed by atoms with van der Waals surface area (Å²) in [5.41, 5.74) is 7.86. The molecule has 2 aromatic heterocycles. The molecular weight excluding hydrogens is 338 g/mol. The number of ether oxygens (including phenoxy) is 1. The van der Waals surface area contributed by atoms with Crippen molar-refractivity contribution in [1.29, 1.82) is 0 Å². The van der Waals surface area contributed by atoms with Crippen LogP contribution in [0.3, 0.4) is 0 Å². The predicted octanol–water partition coefficient (Wildman–Crippen LogP) is 4.09. The zero-order valence-corrected chi connectivity index (χ0v) is 16.4. The minimum absolute atomic E-state index is 0.000970. The van der Waals surface area contributed by atoms with Crippen molar-refractivity contribution in [2.24, 2.45) is 11.7 Å². The molecule has 0 aliphatic carbocycles. The van der Waals surface area contributed by atoms with Crippen LogP contribution in [0.25, 0.3) is 16.5 Å². The van der Waals surface area contributed by atoms with Crippen LogP contribution in [0.4, 0.5) is 0 Å². The first-order valence-corrected chi connectivity index (χ1v) is 9.72. The highest BCUT2D eigenvalue weighted by Gasteiger charge is 2.18. The lowest BCUT2D eigenvalue weighted by molar-refractivity contribution is 0.304. The highest BCUT2D eigenvalue weighted by atomic mass is 16.5. The lowest BCUT2D eigenvalue weighted by atomic mass is 10.1. The molecule has 0 amide bonds. The molecule has 5 heteroatoms. The zero-order valence-electron chi connectivity index (χ0n) is 16.4. The Labute approximate surface area is 160 Å². The average molecular weight is 367 g/mol. The fraction of sp³-hybridized carbons (Fsp3) is 0.409. The van der Waals surface area contributed by atoms with Crippen molar-refractivity contribution in [3.63, 3.8) is 0 Å². The standard InChI is InChI=1S/C22H29N3O2/c1-4-5-12-27-21-19-13-17(24-10-6-7-11-24)8-9-18(19)22(26)25(15-16(2)3)20(21)14-23/h6-11,13,16H,4-5,12,14-15,23H2,1-3H3. The summed E-state index contributed by atoms with van der Waals surface area (Å²) < 4.78 is 10.0. The van der Waals surface area contributed by atoms with Crippen LogP contribution in [0.5, 0.6) is 5.75 Å². The van der Waals surface area contributed by atoms with Crippen molar-refractivity contribution in [2.45, 2.75) is 46.7 Å². The second-order valence-electron chi connectivity index (χ2n) is 7.31. The quantitative estimate of drug-likeness (QED) is 0.610. The number of aromatic nitrogens is 2. The summed E-state index contributed by atoms with van der Waals surface area (Å²) in [5.74, 6) is 1.09. The molecule has 0 atom stereocenters. The van der Waals surface area contributed by atoms with E-state index in [4.69, 9.17) is 10.5 Å². The van der Waals surface area contributed by atoms with Crippen LogP contribution in [0, 0.1) is 5.92 Å². The summed E-state index contributed by atoms with van der Waals surface area (Å²) >= 11 is 0. The van der Waals surface area contributed by atoms with Gasteiger partial charge in [-0.15, -0.1) is 0 Å². The maximum Gasteiger partial charge on any atom is 0.258 e. The third-order valence-corrected chi connectivity index (χ3v) is 4.70. The van der Waals surface area contributed by atoms with Gasteiger partial charge in [0.05, 0.1) is 17.7 Å². The van der Waals surface area contributed by atoms with E-state index in [0.717, 1.165) is 35.4 Å². The first-order chi connectivity index (χ1) is 13.1. The summed E-state index contributed by atoms with van der Waals surface area (Å²) in [5, 5.41) is 1.51. The van der Waals surface area contributed by atoms with Gasteiger partial charge in [-0.25, -0.2) is 0 Å². The number of unbranched alkanes of at least 4 members (excludes halogenated alkanes) is 1. The molecule has 2 N–H and O–H groups in total. The Morgan fingerprint density at radius 2 is 1.89 bits per heavy atom. The van der Waals surface area contributed by atoms with Gasteiger partial charge >= 0.3 is 0 Å². The van der Waals surface area contributed by atoms with Gasteiger partial charge in [-0.05, 0) is 42.7 Å². The molecule has 5 nitrogen and oxygen atoms in total. The molecule has 2 heterocycles. The molecule has 144 valence electrons. The average Bonchev–Trinajstić information content (AvgIpc) is 3.19. The first-order valence-electron chi connectivity index (χ1n) is 9.72. The molecule has 0 saturated carbocycles. The Balaban J connectivity index is 2.25. The van der Waals surface area contributed by atoms with Gasteiger partial charge in [0.25, 0.3) is 5.56 Å². The molecular formula is C22H29N3O2. The Morgan fingerprint density at radius 1 is 1.15 bits per heavy atom. The molecule has 0 radical (unpaired) electrons. The number of hydrogen-bond donors (Lipinski definition) is 1. The predicted molar refractivity (Wildman–Crippen MR) is 111 cm³/mol. The third kappa shape index (κ3) is 3.93. The summed E-state index contributed by atoms with van der Waals surface area (Å²) in [6, 6.07) is 9.86. The van der Waals surface area contributed by atoms with E-state index in [1.807, 2.05) is 47.3 Å². The first kappa shape index (κ1) is 19.2. The molecule has 3 rings (SSSR count). The third-order valence-electron chi connectivity index (χ3n) is 4.70. The van der Waals surface area contributed by atoms with E-state index in [1.165, 1.54) is 0 Å². The summed E-state index contributed by atoms with van der Waals surface area (Å²) in [7, 11) is 0. The van der Waals surface area contributed by atoms with Crippen molar-refractivity contribution >= 4 is 10.8 Å². The number of hydrogen-bond acceptors (Lipinski definition) is 3. The van der Waals surface area contributed by atoms with Gasteiger partial charge in [0.15, 0.2) is 0 Å². The maximum absolute atomic E-state index is 13.2. The van der Waals surface area contributed by atoms with Crippen LogP contribution >= 0.6 is 0 Å². The molecule has 1 aromatic carbocycles. The highest BCUT2D eigenvalue weighted by molar-refractivity contribution is 5.90. The van der Waals surface area contributed by atoms with E-state index in [1.54, 1.807) is 4.57 Å². The zero-order chi connectivity index (χ0) is 19.4. The molecule has 0 aliphatic heterocycles. The van der Waals surface area contributed by atoms with Gasteiger partial charge in [-0.1, -0.05) is 27.2 Å². The van der Waals surface area contributed by atoms with E-state index in [0.29, 0.717) is 24.5 Å². The largest absolute Gasteiger partial charge is 0.491 e. The van der Waals surface area contributed by atoms with Crippen LogP contribution < -0.4 is 16.0 Å². The van der Waals surface area contributed by atoms with E-state index in [9.17, 15) is 4.79 Å². The lowest BCUT2D eigenvalue weighted by Crippen LogP contribution is -2.28. The Bertz CT molecular complexity index is 956. The Kier molecular flexibility index (Phi) is 6.01. The van der Waals surface area contributed by atoms with E-state index < -0.39 is 0 Å². The molecule has 0 spiro atoms. The van der Waals surface area contributed by atoms with E-state index >= 15 is 0 Å². The molecule has 0 bridgehead atoms. The summed E-state index contributed by atoms with van der Waals surface area (Å²) in [4.78, 5) is 13.2. The van der Waals surface area contributed by atoms with Gasteiger partial charge in [0, 0.05) is 36.6 Å². The maximum atomic E-state index is 13.2. The Hall–Kier alpha value is -2.53. The lowest BCUT2D eigenvalue weighted by Gasteiger charge is -2.21. The molecule has 27 heavy (non-hydrogen) atoms. The molecule has 0 saturated heterocycles. The van der Waals surface area contributed by atoms with Crippen molar-refractivity contribution in [3.8, 4) is 11.4 Å². The van der Waals surface area contributed by atoms with E-state index in [-0.39, 0.29) is 12.1 Å². The van der Waals surface area contributed by atoms with Crippen LogP contribution in [0.1, 0.15) is 39.3 Å². The topological polar surface area (TPSA) is 62.2 Å². The smallest absolute Gasteiger partial charge is 0.258 e. The van der Waals surface area contributed by atoms with Crippen molar-refractivity contribution < 1.29 is 4.74 Å². The van der Waals surface area contributed by atoms with Gasteiger partial charge < -0.3 is 19.6 Å².